The SMILES string of the molecule is CC[P+](CC)(CC)C1(C(=O)Nc2c(C)cccc2C)CCC1. The summed E-state index contributed by atoms with van der Waals surface area (Å²) >= 11 is 0. The maximum atomic E-state index is 13.3. The van der Waals surface area contributed by atoms with E-state index in [0.29, 0.717) is 5.91 Å². The topological polar surface area (TPSA) is 29.1 Å². The monoisotopic (exact) mass is 320 g/mol. The van der Waals surface area contributed by atoms with Gasteiger partial charge in [0.15, 0.2) is 5.16 Å². The van der Waals surface area contributed by atoms with Gasteiger partial charge in [-0.1, -0.05) is 18.2 Å². The molecular formula is C19H31NOP+. The summed E-state index contributed by atoms with van der Waals surface area (Å²) in [7, 11) is -1.21. The minimum absolute atomic E-state index is 0.0556. The van der Waals surface area contributed by atoms with Crippen molar-refractivity contribution in [3.05, 3.63) is 29.3 Å². The summed E-state index contributed by atoms with van der Waals surface area (Å²) in [6, 6.07) is 6.22. The van der Waals surface area contributed by atoms with E-state index in [1.807, 2.05) is 0 Å². The molecule has 0 atom stereocenters. The molecule has 1 aliphatic rings. The number of rotatable bonds is 6. The Morgan fingerprint density at radius 2 is 1.59 bits per heavy atom. The lowest BCUT2D eigenvalue weighted by atomic mass is 9.83. The van der Waals surface area contributed by atoms with E-state index in [-0.39, 0.29) is 5.16 Å². The van der Waals surface area contributed by atoms with Crippen molar-refractivity contribution >= 4 is 18.9 Å². The third-order valence-electron chi connectivity index (χ3n) is 6.05. The molecule has 1 aromatic rings. The Balaban J connectivity index is 2.34. The predicted molar refractivity (Wildman–Crippen MR) is 99.7 cm³/mol. The molecule has 1 aliphatic carbocycles. The maximum absolute atomic E-state index is 13.3. The molecule has 2 rings (SSSR count). The molecule has 0 aromatic heterocycles. The van der Waals surface area contributed by atoms with E-state index >= 15 is 0 Å². The number of hydrogen-bond acceptors (Lipinski definition) is 1. The van der Waals surface area contributed by atoms with Gasteiger partial charge in [0.2, 0.25) is 0 Å². The maximum Gasteiger partial charge on any atom is 0.268 e. The van der Waals surface area contributed by atoms with Crippen molar-refractivity contribution in [2.24, 2.45) is 0 Å². The lowest BCUT2D eigenvalue weighted by Gasteiger charge is -2.48. The van der Waals surface area contributed by atoms with Gasteiger partial charge in [-0.2, -0.15) is 0 Å². The van der Waals surface area contributed by atoms with Crippen LogP contribution in [0.3, 0.4) is 0 Å². The van der Waals surface area contributed by atoms with Gasteiger partial charge < -0.3 is 5.32 Å². The van der Waals surface area contributed by atoms with Gasteiger partial charge >= 0.3 is 0 Å². The Morgan fingerprint density at radius 3 is 1.95 bits per heavy atom. The molecular weight excluding hydrogens is 289 g/mol. The summed E-state index contributed by atoms with van der Waals surface area (Å²) in [6.07, 6.45) is 6.97. The van der Waals surface area contributed by atoms with Gasteiger partial charge in [0.1, 0.15) is 0 Å². The highest BCUT2D eigenvalue weighted by atomic mass is 31.2. The summed E-state index contributed by atoms with van der Waals surface area (Å²) in [6.45, 7) is 11.1. The first-order valence-electron chi connectivity index (χ1n) is 8.70. The van der Waals surface area contributed by atoms with Crippen molar-refractivity contribution in [2.45, 2.75) is 59.0 Å². The van der Waals surface area contributed by atoms with Crippen molar-refractivity contribution in [1.29, 1.82) is 0 Å². The van der Waals surface area contributed by atoms with Crippen LogP contribution in [0.5, 0.6) is 0 Å². The van der Waals surface area contributed by atoms with Crippen molar-refractivity contribution in [3.8, 4) is 0 Å². The van der Waals surface area contributed by atoms with Crippen LogP contribution in [0.15, 0.2) is 18.2 Å². The summed E-state index contributed by atoms with van der Waals surface area (Å²) in [4.78, 5) is 13.3. The summed E-state index contributed by atoms with van der Waals surface area (Å²) in [5.74, 6) is 0.301. The first-order valence-corrected chi connectivity index (χ1v) is 11.0. The number of anilines is 1. The minimum atomic E-state index is -1.21. The van der Waals surface area contributed by atoms with Crippen LogP contribution in [0, 0.1) is 13.8 Å². The second kappa shape index (κ2) is 6.71. The zero-order chi connectivity index (χ0) is 16.4. The predicted octanol–water partition coefficient (Wildman–Crippen LogP) is 5.24. The largest absolute Gasteiger partial charge is 0.322 e. The number of carbonyl (C=O) groups excluding carboxylic acids is 1. The third kappa shape index (κ3) is 2.60. The van der Waals surface area contributed by atoms with E-state index < -0.39 is 7.26 Å². The summed E-state index contributed by atoms with van der Waals surface area (Å²) in [5, 5.41) is 3.26. The molecule has 0 bridgehead atoms. The molecule has 3 heteroatoms. The van der Waals surface area contributed by atoms with Gasteiger partial charge in [-0.05, 0) is 65.0 Å². The van der Waals surface area contributed by atoms with Crippen LogP contribution in [0.4, 0.5) is 5.69 Å². The lowest BCUT2D eigenvalue weighted by molar-refractivity contribution is -0.120. The van der Waals surface area contributed by atoms with Crippen molar-refractivity contribution in [2.75, 3.05) is 23.8 Å². The normalized spacial score (nSPS) is 17.0. The molecule has 1 fully saturated rings. The van der Waals surface area contributed by atoms with E-state index in [9.17, 15) is 4.79 Å². The average Bonchev–Trinajstić information content (AvgIpc) is 2.46. The van der Waals surface area contributed by atoms with E-state index in [1.165, 1.54) is 24.9 Å². The third-order valence-corrected chi connectivity index (χ3v) is 12.1. The highest BCUT2D eigenvalue weighted by Gasteiger charge is 2.63. The minimum Gasteiger partial charge on any atom is -0.322 e. The fourth-order valence-corrected chi connectivity index (χ4v) is 9.16. The van der Waals surface area contributed by atoms with Gasteiger partial charge in [-0.15, -0.1) is 0 Å². The molecule has 1 saturated carbocycles. The molecule has 2 nitrogen and oxygen atoms in total. The average molecular weight is 320 g/mol. The first-order chi connectivity index (χ1) is 10.5. The molecule has 1 N–H and O–H groups in total. The Hall–Kier alpha value is -0.880. The molecule has 1 amide bonds. The smallest absolute Gasteiger partial charge is 0.268 e. The van der Waals surface area contributed by atoms with Gasteiger partial charge in [-0.25, -0.2) is 0 Å². The molecule has 0 heterocycles. The number of hydrogen-bond donors (Lipinski definition) is 1. The molecule has 0 radical (unpaired) electrons. The lowest BCUT2D eigenvalue weighted by Crippen LogP contribution is -2.52. The zero-order valence-corrected chi connectivity index (χ0v) is 15.7. The van der Waals surface area contributed by atoms with Crippen LogP contribution < -0.4 is 5.32 Å². The van der Waals surface area contributed by atoms with E-state index in [2.05, 4.69) is 58.1 Å². The van der Waals surface area contributed by atoms with Crippen LogP contribution in [-0.2, 0) is 4.79 Å². The van der Waals surface area contributed by atoms with Crippen molar-refractivity contribution in [3.63, 3.8) is 0 Å². The highest BCUT2D eigenvalue weighted by Crippen LogP contribution is 2.74. The molecule has 0 spiro atoms. The standard InChI is InChI=1S/C19H30NOP/c1-6-22(7-2,8-3)19(13-10-14-19)18(21)20-17-15(4)11-9-12-16(17)5/h9,11-12H,6-8,10,13-14H2,1-5H3/p+1. The van der Waals surface area contributed by atoms with Crippen LogP contribution >= 0.6 is 7.26 Å². The number of carbonyl (C=O) groups is 1. The van der Waals surface area contributed by atoms with Gasteiger partial charge in [0.25, 0.3) is 5.91 Å². The van der Waals surface area contributed by atoms with Crippen LogP contribution in [0.1, 0.15) is 51.2 Å². The molecule has 22 heavy (non-hydrogen) atoms. The number of para-hydroxylation sites is 1. The Kier molecular flexibility index (Phi) is 5.33. The highest BCUT2D eigenvalue weighted by molar-refractivity contribution is 7.78. The quantitative estimate of drug-likeness (QED) is 0.713. The summed E-state index contributed by atoms with van der Waals surface area (Å²) in [5.41, 5.74) is 3.35. The zero-order valence-electron chi connectivity index (χ0n) is 14.8. The Morgan fingerprint density at radius 1 is 1.09 bits per heavy atom. The number of benzene rings is 1. The number of aryl methyl sites for hydroxylation is 2. The fraction of sp³-hybridized carbons (Fsp3) is 0.632. The molecule has 122 valence electrons. The van der Waals surface area contributed by atoms with Crippen molar-refractivity contribution < 1.29 is 4.79 Å². The fourth-order valence-electron chi connectivity index (χ4n) is 4.25. The number of amides is 1. The van der Waals surface area contributed by atoms with E-state index in [4.69, 9.17) is 0 Å². The van der Waals surface area contributed by atoms with E-state index in [0.717, 1.165) is 29.7 Å². The summed E-state index contributed by atoms with van der Waals surface area (Å²) < 4.78 is 0. The van der Waals surface area contributed by atoms with Crippen LogP contribution in [-0.4, -0.2) is 29.5 Å². The molecule has 0 unspecified atom stereocenters. The van der Waals surface area contributed by atoms with E-state index in [1.54, 1.807) is 0 Å². The van der Waals surface area contributed by atoms with Crippen LogP contribution in [0.25, 0.3) is 0 Å². The van der Waals surface area contributed by atoms with Gasteiger partial charge in [0.05, 0.1) is 18.5 Å². The molecule has 0 aliphatic heterocycles. The first kappa shape index (κ1) is 17.5. The molecule has 0 saturated heterocycles. The second-order valence-electron chi connectivity index (χ2n) is 6.70. The van der Waals surface area contributed by atoms with Crippen molar-refractivity contribution in [1.82, 2.24) is 0 Å². The number of nitrogens with one attached hydrogen (secondary N) is 1. The Labute approximate surface area is 136 Å². The van der Waals surface area contributed by atoms with Gasteiger partial charge in [-0.3, -0.25) is 4.79 Å². The van der Waals surface area contributed by atoms with Crippen LogP contribution in [0.2, 0.25) is 0 Å². The second-order valence-corrected chi connectivity index (χ2v) is 11.7. The Bertz CT molecular complexity index is 516. The molecule has 1 aromatic carbocycles. The van der Waals surface area contributed by atoms with Gasteiger partial charge in [0, 0.05) is 12.9 Å².